The number of rotatable bonds is 3. The normalized spacial score (nSPS) is 12.2. The van der Waals surface area contributed by atoms with E-state index < -0.39 is 15.7 Å². The lowest BCUT2D eigenvalue weighted by atomic mass is 10.3. The summed E-state index contributed by atoms with van der Waals surface area (Å²) in [5.41, 5.74) is 1.09. The van der Waals surface area contributed by atoms with Crippen molar-refractivity contribution in [2.45, 2.75) is 6.54 Å². The fourth-order valence-electron chi connectivity index (χ4n) is 1.63. The Hall–Kier alpha value is -0.920. The topological polar surface area (TPSA) is 54.9 Å². The minimum absolute atomic E-state index is 0.00554. The number of benzene rings is 1. The summed E-state index contributed by atoms with van der Waals surface area (Å²) in [5, 5.41) is -0.00554. The van der Waals surface area contributed by atoms with E-state index in [1.54, 1.807) is 4.57 Å². The van der Waals surface area contributed by atoms with Crippen molar-refractivity contribution in [1.29, 1.82) is 0 Å². The molecule has 0 unspecified atom stereocenters. The molecule has 0 aliphatic heterocycles. The Labute approximate surface area is 113 Å². The highest BCUT2D eigenvalue weighted by Crippen LogP contribution is 2.22. The number of nitrogens with zero attached hydrogens (tertiary/aromatic N) is 1. The van der Waals surface area contributed by atoms with E-state index in [9.17, 15) is 12.8 Å². The van der Waals surface area contributed by atoms with Gasteiger partial charge in [-0.1, -0.05) is 11.6 Å². The van der Waals surface area contributed by atoms with Crippen LogP contribution >= 0.6 is 23.8 Å². The lowest BCUT2D eigenvalue weighted by Crippen LogP contribution is -2.11. The van der Waals surface area contributed by atoms with Crippen LogP contribution in [0.5, 0.6) is 0 Å². The molecular weight excluding hydrogens is 299 g/mol. The molecule has 2 aromatic rings. The van der Waals surface area contributed by atoms with Gasteiger partial charge in [0.1, 0.15) is 15.7 Å². The largest absolute Gasteiger partial charge is 0.331 e. The maximum Gasteiger partial charge on any atom is 0.178 e. The zero-order valence-corrected chi connectivity index (χ0v) is 11.8. The molecule has 2 rings (SSSR count). The smallest absolute Gasteiger partial charge is 0.178 e. The Bertz CT molecular complexity index is 764. The van der Waals surface area contributed by atoms with E-state index in [1.807, 2.05) is 0 Å². The fraction of sp³-hybridized carbons (Fsp3) is 0.300. The van der Waals surface area contributed by atoms with Gasteiger partial charge in [-0.25, -0.2) is 12.8 Å². The summed E-state index contributed by atoms with van der Waals surface area (Å²) < 4.78 is 37.6. The SMILES string of the molecule is CS(=O)(=O)CCn1c(=S)[nH]c2cc(Cl)c(F)cc21. The van der Waals surface area contributed by atoms with Crippen LogP contribution in [-0.4, -0.2) is 30.0 Å². The minimum Gasteiger partial charge on any atom is -0.331 e. The van der Waals surface area contributed by atoms with Gasteiger partial charge in [0.25, 0.3) is 0 Å². The lowest BCUT2D eigenvalue weighted by Gasteiger charge is -2.03. The van der Waals surface area contributed by atoms with Gasteiger partial charge < -0.3 is 9.55 Å². The molecule has 4 nitrogen and oxygen atoms in total. The van der Waals surface area contributed by atoms with E-state index in [4.69, 9.17) is 23.8 Å². The second kappa shape index (κ2) is 4.64. The Balaban J connectivity index is 2.54. The summed E-state index contributed by atoms with van der Waals surface area (Å²) in [7, 11) is -3.10. The number of imidazole rings is 1. The quantitative estimate of drug-likeness (QED) is 0.887. The van der Waals surface area contributed by atoms with Gasteiger partial charge in [-0.15, -0.1) is 0 Å². The molecule has 18 heavy (non-hydrogen) atoms. The third-order valence-electron chi connectivity index (χ3n) is 2.50. The molecule has 1 aromatic heterocycles. The number of aromatic nitrogens is 2. The highest BCUT2D eigenvalue weighted by molar-refractivity contribution is 7.90. The maximum absolute atomic E-state index is 13.4. The van der Waals surface area contributed by atoms with E-state index in [0.29, 0.717) is 15.8 Å². The van der Waals surface area contributed by atoms with Gasteiger partial charge in [0.2, 0.25) is 0 Å². The molecule has 0 aliphatic carbocycles. The molecule has 8 heteroatoms. The number of halogens is 2. The summed E-state index contributed by atoms with van der Waals surface area (Å²) in [6.07, 6.45) is 1.14. The third-order valence-corrected chi connectivity index (χ3v) is 4.04. The predicted octanol–water partition coefficient (Wildman–Crippen LogP) is 2.54. The molecular formula is C10H10ClFN2O2S2. The zero-order valence-electron chi connectivity index (χ0n) is 9.41. The van der Waals surface area contributed by atoms with Crippen molar-refractivity contribution in [3.8, 4) is 0 Å². The monoisotopic (exact) mass is 308 g/mol. The summed E-state index contributed by atoms with van der Waals surface area (Å²) in [4.78, 5) is 2.86. The molecule has 0 spiro atoms. The molecule has 0 fully saturated rings. The Kier molecular flexibility index (Phi) is 3.48. The molecule has 1 N–H and O–H groups in total. The first-order valence-electron chi connectivity index (χ1n) is 5.03. The van der Waals surface area contributed by atoms with Crippen molar-refractivity contribution in [1.82, 2.24) is 9.55 Å². The first-order valence-corrected chi connectivity index (χ1v) is 7.88. The second-order valence-electron chi connectivity index (χ2n) is 4.00. The van der Waals surface area contributed by atoms with Gasteiger partial charge in [-0.2, -0.15) is 0 Å². The minimum atomic E-state index is -3.10. The Morgan fingerprint density at radius 3 is 2.78 bits per heavy atom. The zero-order chi connectivity index (χ0) is 13.5. The van der Waals surface area contributed by atoms with Gasteiger partial charge in [-0.05, 0) is 18.3 Å². The molecule has 1 heterocycles. The van der Waals surface area contributed by atoms with E-state index >= 15 is 0 Å². The molecule has 0 radical (unpaired) electrons. The first kappa shape index (κ1) is 13.5. The predicted molar refractivity (Wildman–Crippen MR) is 71.8 cm³/mol. The molecule has 1 aromatic carbocycles. The van der Waals surface area contributed by atoms with Crippen LogP contribution < -0.4 is 0 Å². The van der Waals surface area contributed by atoms with Gasteiger partial charge in [-0.3, -0.25) is 0 Å². The van der Waals surface area contributed by atoms with Crippen molar-refractivity contribution in [3.63, 3.8) is 0 Å². The van der Waals surface area contributed by atoms with Gasteiger partial charge in [0, 0.05) is 18.9 Å². The molecule has 0 saturated carbocycles. The molecule has 98 valence electrons. The van der Waals surface area contributed by atoms with Crippen LogP contribution in [0.3, 0.4) is 0 Å². The molecule has 0 amide bonds. The Morgan fingerprint density at radius 1 is 1.50 bits per heavy atom. The van der Waals surface area contributed by atoms with Crippen LogP contribution in [0, 0.1) is 10.6 Å². The second-order valence-corrected chi connectivity index (χ2v) is 7.05. The average molecular weight is 309 g/mol. The number of nitrogens with one attached hydrogen (secondary N) is 1. The van der Waals surface area contributed by atoms with E-state index in [2.05, 4.69) is 4.98 Å². The fourth-order valence-corrected chi connectivity index (χ4v) is 2.61. The van der Waals surface area contributed by atoms with Crippen molar-refractivity contribution >= 4 is 44.7 Å². The highest BCUT2D eigenvalue weighted by atomic mass is 35.5. The number of aromatic amines is 1. The van der Waals surface area contributed by atoms with Crippen LogP contribution in [0.25, 0.3) is 11.0 Å². The van der Waals surface area contributed by atoms with E-state index in [0.717, 1.165) is 6.26 Å². The van der Waals surface area contributed by atoms with Crippen LogP contribution in [-0.2, 0) is 16.4 Å². The summed E-state index contributed by atoms with van der Waals surface area (Å²) in [6.45, 7) is 0.179. The van der Waals surface area contributed by atoms with Crippen LogP contribution in [0.4, 0.5) is 4.39 Å². The van der Waals surface area contributed by atoms with Gasteiger partial charge >= 0.3 is 0 Å². The molecule has 0 atom stereocenters. The van der Waals surface area contributed by atoms with Crippen molar-refractivity contribution in [2.24, 2.45) is 0 Å². The summed E-state index contributed by atoms with van der Waals surface area (Å²) in [5.74, 6) is -0.621. The average Bonchev–Trinajstić information content (AvgIpc) is 2.51. The van der Waals surface area contributed by atoms with E-state index in [-0.39, 0.29) is 17.3 Å². The van der Waals surface area contributed by atoms with E-state index in [1.165, 1.54) is 12.1 Å². The number of aryl methyl sites for hydroxylation is 1. The van der Waals surface area contributed by atoms with Crippen molar-refractivity contribution in [2.75, 3.05) is 12.0 Å². The number of hydrogen-bond acceptors (Lipinski definition) is 3. The molecule has 0 bridgehead atoms. The first-order chi connectivity index (χ1) is 8.28. The number of H-pyrrole nitrogens is 1. The molecule has 0 aliphatic rings. The third kappa shape index (κ3) is 2.73. The van der Waals surface area contributed by atoms with Crippen LogP contribution in [0.15, 0.2) is 12.1 Å². The van der Waals surface area contributed by atoms with Crippen molar-refractivity contribution in [3.05, 3.63) is 27.7 Å². The summed E-state index contributed by atoms with van der Waals surface area (Å²) in [6, 6.07) is 2.67. The number of sulfone groups is 1. The number of hydrogen-bond donors (Lipinski definition) is 1. The standard InChI is InChI=1S/C10H10ClFN2O2S2/c1-18(15,16)3-2-14-9-5-7(12)6(11)4-8(9)13-10(14)17/h4-5H,2-3H2,1H3,(H,13,17). The van der Waals surface area contributed by atoms with Gasteiger partial charge in [0.05, 0.1) is 21.8 Å². The van der Waals surface area contributed by atoms with Crippen LogP contribution in [0.2, 0.25) is 5.02 Å². The van der Waals surface area contributed by atoms with Crippen molar-refractivity contribution < 1.29 is 12.8 Å². The van der Waals surface area contributed by atoms with Gasteiger partial charge in [0.15, 0.2) is 4.77 Å². The highest BCUT2D eigenvalue weighted by Gasteiger charge is 2.11. The summed E-state index contributed by atoms with van der Waals surface area (Å²) >= 11 is 10.7. The molecule has 0 saturated heterocycles. The Morgan fingerprint density at radius 2 is 2.17 bits per heavy atom. The maximum atomic E-state index is 13.4. The lowest BCUT2D eigenvalue weighted by molar-refractivity contribution is 0.595. The number of fused-ring (bicyclic) bond motifs is 1. The van der Waals surface area contributed by atoms with Crippen LogP contribution in [0.1, 0.15) is 0 Å².